The minimum Gasteiger partial charge on any atom is -0.459 e. The first-order valence-electron chi connectivity index (χ1n) is 8.48. The molecule has 0 amide bonds. The zero-order chi connectivity index (χ0) is 19.0. The van der Waals surface area contributed by atoms with Crippen LogP contribution in [0.5, 0.6) is 0 Å². The van der Waals surface area contributed by atoms with E-state index in [-0.39, 0.29) is 17.4 Å². The van der Waals surface area contributed by atoms with Gasteiger partial charge in [-0.2, -0.15) is 0 Å². The molecule has 1 aromatic carbocycles. The van der Waals surface area contributed by atoms with Crippen LogP contribution in [0.15, 0.2) is 36.5 Å². The fourth-order valence-electron chi connectivity index (χ4n) is 2.80. The average Bonchev–Trinajstić information content (AvgIpc) is 2.43. The maximum atomic E-state index is 12.7. The fraction of sp³-hybridized carbons (Fsp3) is 0.500. The van der Waals surface area contributed by atoms with Gasteiger partial charge in [-0.3, -0.25) is 4.79 Å². The van der Waals surface area contributed by atoms with Crippen molar-refractivity contribution in [2.24, 2.45) is 5.92 Å². The molecular weight excluding hydrogens is 332 g/mol. The highest BCUT2D eigenvalue weighted by atomic mass is 32.1. The summed E-state index contributed by atoms with van der Waals surface area (Å²) in [4.78, 5) is 12.7. The first-order valence-corrected chi connectivity index (χ1v) is 8.89. The topological polar surface area (TPSA) is 50.4 Å². The van der Waals surface area contributed by atoms with E-state index >= 15 is 0 Å². The van der Waals surface area contributed by atoms with Crippen LogP contribution in [0.1, 0.15) is 58.7 Å². The molecule has 0 aliphatic carbocycles. The van der Waals surface area contributed by atoms with Crippen LogP contribution in [-0.2, 0) is 14.9 Å². The average molecular weight is 361 g/mol. The molecule has 136 valence electrons. The molecular formula is C20H28N2O2S. The number of thiocarbonyl (C=S) groups is 1. The van der Waals surface area contributed by atoms with E-state index in [1.807, 2.05) is 32.9 Å². The number of nitrogens with one attached hydrogen (secondary N) is 2. The standard InChI is InChI=1S/C20H28N2O2S/c1-12-15(17(23)24-20(5,6)7)16(22-18(25)21-12)13-8-10-14(11-9-13)19(2,3)4/h8-11,15-16H,1H2,2-7H3,(H2,21,22,25)/t15-,16-/m0/s1. The molecule has 2 rings (SSSR count). The first kappa shape index (κ1) is 19.4. The minimum absolute atomic E-state index is 0.0730. The van der Waals surface area contributed by atoms with E-state index in [4.69, 9.17) is 17.0 Å². The number of hydrogen-bond acceptors (Lipinski definition) is 3. The van der Waals surface area contributed by atoms with E-state index in [0.717, 1.165) is 5.56 Å². The summed E-state index contributed by atoms with van der Waals surface area (Å²) >= 11 is 5.26. The number of ether oxygens (including phenoxy) is 1. The lowest BCUT2D eigenvalue weighted by atomic mass is 9.84. The quantitative estimate of drug-likeness (QED) is 0.617. The summed E-state index contributed by atoms with van der Waals surface area (Å²) in [5.41, 5.74) is 2.29. The summed E-state index contributed by atoms with van der Waals surface area (Å²) < 4.78 is 5.59. The second-order valence-electron chi connectivity index (χ2n) is 8.48. The molecule has 0 spiro atoms. The number of hydrogen-bond donors (Lipinski definition) is 2. The molecule has 1 heterocycles. The van der Waals surface area contributed by atoms with Gasteiger partial charge in [0.2, 0.25) is 0 Å². The highest BCUT2D eigenvalue weighted by Gasteiger charge is 2.39. The van der Waals surface area contributed by atoms with Crippen molar-refractivity contribution in [1.82, 2.24) is 10.6 Å². The Labute approximate surface area is 156 Å². The highest BCUT2D eigenvalue weighted by molar-refractivity contribution is 7.80. The van der Waals surface area contributed by atoms with Gasteiger partial charge in [-0.25, -0.2) is 0 Å². The van der Waals surface area contributed by atoms with Crippen LogP contribution in [0.2, 0.25) is 0 Å². The third-order valence-corrected chi connectivity index (χ3v) is 4.29. The van der Waals surface area contributed by atoms with E-state index in [1.54, 1.807) is 0 Å². The SMILES string of the molecule is C=C1NC(=S)N[C@@H](c2ccc(C(C)(C)C)cc2)[C@H]1C(=O)OC(C)(C)C. The van der Waals surface area contributed by atoms with E-state index in [9.17, 15) is 4.79 Å². The number of benzene rings is 1. The normalized spacial score (nSPS) is 21.4. The van der Waals surface area contributed by atoms with Crippen molar-refractivity contribution in [2.75, 3.05) is 0 Å². The molecule has 2 atom stereocenters. The maximum Gasteiger partial charge on any atom is 0.317 e. The molecule has 0 saturated carbocycles. The lowest BCUT2D eigenvalue weighted by Crippen LogP contribution is -2.51. The van der Waals surface area contributed by atoms with Crippen LogP contribution < -0.4 is 10.6 Å². The molecule has 5 heteroatoms. The number of rotatable bonds is 2. The number of esters is 1. The van der Waals surface area contributed by atoms with Crippen LogP contribution in [0.4, 0.5) is 0 Å². The van der Waals surface area contributed by atoms with Crippen molar-refractivity contribution >= 4 is 23.3 Å². The van der Waals surface area contributed by atoms with Gasteiger partial charge >= 0.3 is 5.97 Å². The van der Waals surface area contributed by atoms with Crippen LogP contribution in [0.25, 0.3) is 0 Å². The minimum atomic E-state index is -0.560. The van der Waals surface area contributed by atoms with Crippen LogP contribution in [0, 0.1) is 5.92 Å². The number of carbonyl (C=O) groups excluding carboxylic acids is 1. The second kappa shape index (κ2) is 6.79. The molecule has 1 aliphatic rings. The summed E-state index contributed by atoms with van der Waals surface area (Å²) in [6, 6.07) is 7.96. The molecule has 2 N–H and O–H groups in total. The second-order valence-corrected chi connectivity index (χ2v) is 8.89. The van der Waals surface area contributed by atoms with E-state index in [1.165, 1.54) is 5.56 Å². The lowest BCUT2D eigenvalue weighted by Gasteiger charge is -2.36. The van der Waals surface area contributed by atoms with E-state index in [0.29, 0.717) is 10.8 Å². The Morgan fingerprint density at radius 1 is 1.12 bits per heavy atom. The first-order chi connectivity index (χ1) is 11.4. The van der Waals surface area contributed by atoms with Crippen molar-refractivity contribution in [1.29, 1.82) is 0 Å². The van der Waals surface area contributed by atoms with E-state index < -0.39 is 11.5 Å². The maximum absolute atomic E-state index is 12.7. The fourth-order valence-corrected chi connectivity index (χ4v) is 3.05. The van der Waals surface area contributed by atoms with Gasteiger partial charge in [-0.15, -0.1) is 0 Å². The summed E-state index contributed by atoms with van der Waals surface area (Å²) in [6.45, 7) is 16.1. The molecule has 25 heavy (non-hydrogen) atoms. The highest BCUT2D eigenvalue weighted by Crippen LogP contribution is 2.33. The Morgan fingerprint density at radius 3 is 2.16 bits per heavy atom. The van der Waals surface area contributed by atoms with Gasteiger partial charge in [0.25, 0.3) is 0 Å². The molecule has 1 saturated heterocycles. The molecule has 0 radical (unpaired) electrons. The predicted octanol–water partition coefficient (Wildman–Crippen LogP) is 3.97. The van der Waals surface area contributed by atoms with E-state index in [2.05, 4.69) is 50.1 Å². The smallest absolute Gasteiger partial charge is 0.317 e. The summed E-state index contributed by atoms with van der Waals surface area (Å²) in [5, 5.41) is 6.62. The van der Waals surface area contributed by atoms with Gasteiger partial charge in [0.05, 0.1) is 6.04 Å². The largest absolute Gasteiger partial charge is 0.459 e. The zero-order valence-corrected chi connectivity index (χ0v) is 16.7. The van der Waals surface area contributed by atoms with Gasteiger partial charge in [0.1, 0.15) is 11.5 Å². The number of carbonyl (C=O) groups is 1. The Balaban J connectivity index is 2.35. The van der Waals surface area contributed by atoms with Gasteiger partial charge in [-0.05, 0) is 49.5 Å². The van der Waals surface area contributed by atoms with Gasteiger partial charge < -0.3 is 15.4 Å². The molecule has 1 fully saturated rings. The van der Waals surface area contributed by atoms with Gasteiger partial charge in [0, 0.05) is 5.70 Å². The van der Waals surface area contributed by atoms with Crippen LogP contribution >= 0.6 is 12.2 Å². The third-order valence-electron chi connectivity index (χ3n) is 4.07. The van der Waals surface area contributed by atoms with Gasteiger partial charge in [0.15, 0.2) is 5.11 Å². The van der Waals surface area contributed by atoms with Crippen LogP contribution in [0.3, 0.4) is 0 Å². The molecule has 0 aromatic heterocycles. The molecule has 1 aromatic rings. The van der Waals surface area contributed by atoms with Crippen molar-refractivity contribution in [3.63, 3.8) is 0 Å². The molecule has 0 unspecified atom stereocenters. The monoisotopic (exact) mass is 360 g/mol. The molecule has 0 bridgehead atoms. The Bertz CT molecular complexity index is 681. The lowest BCUT2D eigenvalue weighted by molar-refractivity contribution is -0.159. The van der Waals surface area contributed by atoms with Crippen molar-refractivity contribution < 1.29 is 9.53 Å². The third kappa shape index (κ3) is 4.82. The van der Waals surface area contributed by atoms with Crippen molar-refractivity contribution in [2.45, 2.75) is 58.6 Å². The Hall–Kier alpha value is -1.88. The van der Waals surface area contributed by atoms with Crippen molar-refractivity contribution in [3.8, 4) is 0 Å². The summed E-state index contributed by atoms with van der Waals surface area (Å²) in [6.07, 6.45) is 0. The zero-order valence-electron chi connectivity index (χ0n) is 15.9. The van der Waals surface area contributed by atoms with Crippen molar-refractivity contribution in [3.05, 3.63) is 47.7 Å². The Kier molecular flexibility index (Phi) is 5.28. The van der Waals surface area contributed by atoms with Crippen LogP contribution in [-0.4, -0.2) is 16.7 Å². The van der Waals surface area contributed by atoms with Gasteiger partial charge in [-0.1, -0.05) is 51.6 Å². The Morgan fingerprint density at radius 2 is 1.68 bits per heavy atom. The summed E-state index contributed by atoms with van der Waals surface area (Å²) in [7, 11) is 0. The predicted molar refractivity (Wildman–Crippen MR) is 105 cm³/mol. The molecule has 4 nitrogen and oxygen atoms in total. The summed E-state index contributed by atoms with van der Waals surface area (Å²) in [5.74, 6) is -0.865. The molecule has 1 aliphatic heterocycles.